The Hall–Kier alpha value is -2.48. The van der Waals surface area contributed by atoms with Gasteiger partial charge in [0.2, 0.25) is 0 Å². The maximum atomic E-state index is 12.3. The summed E-state index contributed by atoms with van der Waals surface area (Å²) >= 11 is 1.04. The summed E-state index contributed by atoms with van der Waals surface area (Å²) in [5.74, 6) is 0.777. The van der Waals surface area contributed by atoms with E-state index in [-0.39, 0.29) is 12.1 Å². The lowest BCUT2D eigenvalue weighted by molar-refractivity contribution is 0.243. The fourth-order valence-electron chi connectivity index (χ4n) is 2.26. The van der Waals surface area contributed by atoms with Crippen molar-refractivity contribution < 1.29 is 4.79 Å². The van der Waals surface area contributed by atoms with Crippen LogP contribution in [0.3, 0.4) is 0 Å². The molecule has 0 fully saturated rings. The molecule has 0 radical (unpaired) electrons. The van der Waals surface area contributed by atoms with E-state index in [9.17, 15) is 9.59 Å². The first-order valence-corrected chi connectivity index (χ1v) is 8.23. The highest BCUT2D eigenvalue weighted by Gasteiger charge is 2.14. The zero-order chi connectivity index (χ0) is 16.2. The van der Waals surface area contributed by atoms with Crippen molar-refractivity contribution in [3.8, 4) is 0 Å². The van der Waals surface area contributed by atoms with Gasteiger partial charge in [-0.2, -0.15) is 3.96 Å². The molecule has 0 aromatic carbocycles. The van der Waals surface area contributed by atoms with Gasteiger partial charge in [-0.1, -0.05) is 13.3 Å². The molecule has 3 aromatic heterocycles. The van der Waals surface area contributed by atoms with Crippen molar-refractivity contribution in [3.05, 3.63) is 46.9 Å². The summed E-state index contributed by atoms with van der Waals surface area (Å²) in [6, 6.07) is 2.90. The van der Waals surface area contributed by atoms with Crippen molar-refractivity contribution in [1.82, 2.24) is 23.8 Å². The quantitative estimate of drug-likeness (QED) is 0.777. The van der Waals surface area contributed by atoms with Crippen molar-refractivity contribution in [2.45, 2.75) is 32.9 Å². The molecule has 120 valence electrons. The first-order chi connectivity index (χ1) is 11.2. The van der Waals surface area contributed by atoms with Crippen LogP contribution in [0.25, 0.3) is 10.2 Å². The number of amides is 1. The molecule has 1 amide bonds. The molecule has 3 rings (SSSR count). The van der Waals surface area contributed by atoms with E-state index in [1.54, 1.807) is 24.5 Å². The first-order valence-electron chi connectivity index (χ1n) is 7.46. The number of unbranched alkanes of at least 4 members (excludes halogenated alkanes) is 1. The summed E-state index contributed by atoms with van der Waals surface area (Å²) in [5.41, 5.74) is -0.343. The van der Waals surface area contributed by atoms with E-state index >= 15 is 0 Å². The molecule has 3 heterocycles. The molecule has 0 atom stereocenters. The Balaban J connectivity index is 1.73. The highest BCUT2D eigenvalue weighted by atomic mass is 32.1. The second kappa shape index (κ2) is 6.74. The van der Waals surface area contributed by atoms with Crippen LogP contribution in [-0.4, -0.2) is 24.5 Å². The topological polar surface area (TPSA) is 81.8 Å². The molecule has 0 aliphatic carbocycles. The fraction of sp³-hybridized carbons (Fsp3) is 0.333. The SMILES string of the molecule is CCCCn1ccnc1CNC(=O)n1sc2ncccc2c1=O. The van der Waals surface area contributed by atoms with Gasteiger partial charge in [0, 0.05) is 25.1 Å². The van der Waals surface area contributed by atoms with Gasteiger partial charge in [0.15, 0.2) is 0 Å². The molecule has 0 saturated carbocycles. The number of hydrogen-bond donors (Lipinski definition) is 1. The number of hydrogen-bond acceptors (Lipinski definition) is 5. The number of rotatable bonds is 5. The van der Waals surface area contributed by atoms with Crippen LogP contribution in [-0.2, 0) is 13.1 Å². The predicted molar refractivity (Wildman–Crippen MR) is 88.6 cm³/mol. The van der Waals surface area contributed by atoms with Gasteiger partial charge in [-0.3, -0.25) is 4.79 Å². The number of nitrogens with one attached hydrogen (secondary N) is 1. The van der Waals surface area contributed by atoms with Gasteiger partial charge in [-0.05, 0) is 30.1 Å². The monoisotopic (exact) mass is 331 g/mol. The van der Waals surface area contributed by atoms with Gasteiger partial charge in [0.05, 0.1) is 11.9 Å². The zero-order valence-electron chi connectivity index (χ0n) is 12.7. The average molecular weight is 331 g/mol. The third kappa shape index (κ3) is 3.16. The van der Waals surface area contributed by atoms with Crippen molar-refractivity contribution in [1.29, 1.82) is 0 Å². The number of fused-ring (bicyclic) bond motifs is 1. The molecule has 8 heteroatoms. The summed E-state index contributed by atoms with van der Waals surface area (Å²) in [6.07, 6.45) is 7.36. The van der Waals surface area contributed by atoms with Crippen LogP contribution >= 0.6 is 11.5 Å². The Morgan fingerprint density at radius 1 is 1.35 bits per heavy atom. The van der Waals surface area contributed by atoms with Gasteiger partial charge in [0.1, 0.15) is 10.7 Å². The molecule has 0 aliphatic heterocycles. The second-order valence-corrected chi connectivity index (χ2v) is 6.03. The molecule has 0 spiro atoms. The van der Waals surface area contributed by atoms with E-state index in [1.165, 1.54) is 0 Å². The fourth-order valence-corrected chi connectivity index (χ4v) is 3.13. The molecule has 1 N–H and O–H groups in total. The van der Waals surface area contributed by atoms with E-state index in [0.717, 1.165) is 40.7 Å². The minimum atomic E-state index is -0.456. The maximum absolute atomic E-state index is 12.3. The van der Waals surface area contributed by atoms with Crippen molar-refractivity contribution in [2.75, 3.05) is 0 Å². The Kier molecular flexibility index (Phi) is 4.52. The summed E-state index contributed by atoms with van der Waals surface area (Å²) in [5, 5.41) is 3.20. The number of carbonyl (C=O) groups excluding carboxylic acids is 1. The molecular weight excluding hydrogens is 314 g/mol. The van der Waals surface area contributed by atoms with Crippen LogP contribution in [0.5, 0.6) is 0 Å². The number of nitrogens with zero attached hydrogens (tertiary/aromatic N) is 4. The predicted octanol–water partition coefficient (Wildman–Crippen LogP) is 2.21. The van der Waals surface area contributed by atoms with Crippen LogP contribution in [0.2, 0.25) is 0 Å². The van der Waals surface area contributed by atoms with Crippen LogP contribution in [0.15, 0.2) is 35.5 Å². The van der Waals surface area contributed by atoms with Gasteiger partial charge >= 0.3 is 6.03 Å². The largest absolute Gasteiger partial charge is 0.338 e. The molecule has 0 saturated heterocycles. The van der Waals surface area contributed by atoms with Gasteiger partial charge in [-0.25, -0.2) is 14.8 Å². The lowest BCUT2D eigenvalue weighted by atomic mass is 10.3. The van der Waals surface area contributed by atoms with Crippen LogP contribution in [0.1, 0.15) is 25.6 Å². The Morgan fingerprint density at radius 2 is 2.22 bits per heavy atom. The van der Waals surface area contributed by atoms with E-state index in [4.69, 9.17) is 0 Å². The van der Waals surface area contributed by atoms with Crippen molar-refractivity contribution >= 4 is 27.8 Å². The van der Waals surface area contributed by atoms with Gasteiger partial charge in [0.25, 0.3) is 5.56 Å². The number of carbonyl (C=O) groups is 1. The summed E-state index contributed by atoms with van der Waals surface area (Å²) in [6.45, 7) is 3.28. The second-order valence-electron chi connectivity index (χ2n) is 5.10. The standard InChI is InChI=1S/C15H17N5O2S/c1-2-3-8-19-9-7-16-12(19)10-18-15(22)20-14(21)11-5-4-6-17-13(11)23-20/h4-7,9H,2-3,8,10H2,1H3,(H,18,22). The highest BCUT2D eigenvalue weighted by molar-refractivity contribution is 7.14. The van der Waals surface area contributed by atoms with E-state index in [1.807, 2.05) is 10.8 Å². The number of aryl methyl sites for hydroxylation is 1. The van der Waals surface area contributed by atoms with Gasteiger partial charge in [-0.15, -0.1) is 0 Å². The number of pyridine rings is 1. The van der Waals surface area contributed by atoms with Gasteiger partial charge < -0.3 is 9.88 Å². The molecule has 3 aromatic rings. The number of aromatic nitrogens is 4. The highest BCUT2D eigenvalue weighted by Crippen LogP contribution is 2.12. The van der Waals surface area contributed by atoms with Crippen LogP contribution in [0, 0.1) is 0 Å². The minimum Gasteiger partial charge on any atom is -0.333 e. The molecule has 7 nitrogen and oxygen atoms in total. The van der Waals surface area contributed by atoms with E-state index < -0.39 is 6.03 Å². The molecule has 23 heavy (non-hydrogen) atoms. The summed E-state index contributed by atoms with van der Waals surface area (Å²) < 4.78 is 3.11. The third-order valence-electron chi connectivity index (χ3n) is 3.50. The van der Waals surface area contributed by atoms with Crippen LogP contribution in [0.4, 0.5) is 4.79 Å². The Bertz CT molecular complexity index is 879. The Morgan fingerprint density at radius 3 is 3.00 bits per heavy atom. The Labute approximate surface area is 136 Å². The zero-order valence-corrected chi connectivity index (χ0v) is 13.5. The third-order valence-corrected chi connectivity index (χ3v) is 4.51. The molecule has 0 bridgehead atoms. The first kappa shape index (κ1) is 15.4. The number of imidazole rings is 1. The molecular formula is C15H17N5O2S. The lowest BCUT2D eigenvalue weighted by Gasteiger charge is -2.08. The van der Waals surface area contributed by atoms with Crippen LogP contribution < -0.4 is 10.9 Å². The minimum absolute atomic E-state index is 0.281. The van der Waals surface area contributed by atoms with E-state index in [2.05, 4.69) is 22.2 Å². The van der Waals surface area contributed by atoms with Crippen molar-refractivity contribution in [3.63, 3.8) is 0 Å². The maximum Gasteiger partial charge on any atom is 0.338 e. The lowest BCUT2D eigenvalue weighted by Crippen LogP contribution is -2.33. The summed E-state index contributed by atoms with van der Waals surface area (Å²) in [7, 11) is 0. The van der Waals surface area contributed by atoms with E-state index in [0.29, 0.717) is 10.2 Å². The average Bonchev–Trinajstić information content (AvgIpc) is 3.15. The summed E-state index contributed by atoms with van der Waals surface area (Å²) in [4.78, 5) is 33.4. The smallest absolute Gasteiger partial charge is 0.333 e. The normalized spacial score (nSPS) is 11.0. The van der Waals surface area contributed by atoms with Crippen molar-refractivity contribution in [2.24, 2.45) is 0 Å². The molecule has 0 unspecified atom stereocenters. The molecule has 0 aliphatic rings.